The molecule has 1 saturated heterocycles. The number of carbonyl (C=O) groups is 2. The fraction of sp³-hybridized carbons (Fsp3) is 0.417. The van der Waals surface area contributed by atoms with Gasteiger partial charge in [0.25, 0.3) is 0 Å². The van der Waals surface area contributed by atoms with Gasteiger partial charge < -0.3 is 0 Å². The van der Waals surface area contributed by atoms with Crippen LogP contribution in [0.15, 0.2) is 63.8 Å². The normalized spacial score (nSPS) is 19.3. The Balaban J connectivity index is 1.96. The number of carbonyl (C=O) groups excluding carboxylic acids is 2. The molecule has 1 amide bonds. The first-order chi connectivity index (χ1) is 14.0. The van der Waals surface area contributed by atoms with Gasteiger partial charge in [-0.1, -0.05) is 83.6 Å². The molecule has 0 spiro atoms. The highest BCUT2D eigenvalue weighted by atomic mass is 32.2. The lowest BCUT2D eigenvalue weighted by Gasteiger charge is -2.30. The molecule has 0 radical (unpaired) electrons. The molecule has 0 unspecified atom stereocenters. The van der Waals surface area contributed by atoms with Crippen LogP contribution in [0.4, 0.5) is 0 Å². The molecule has 0 atom stereocenters. The minimum absolute atomic E-state index is 0.0264. The van der Waals surface area contributed by atoms with Crippen molar-refractivity contribution in [1.82, 2.24) is 4.90 Å². The summed E-state index contributed by atoms with van der Waals surface area (Å²) in [6, 6.07) is 9.84. The number of benzene rings is 1. The molecule has 6 heteroatoms. The van der Waals surface area contributed by atoms with E-state index in [1.807, 2.05) is 84.0 Å². The summed E-state index contributed by atoms with van der Waals surface area (Å²) in [5.74, 6) is 0.456. The summed E-state index contributed by atoms with van der Waals surface area (Å²) >= 11 is 1.39. The highest BCUT2D eigenvalue weighted by Crippen LogP contribution is 2.37. The van der Waals surface area contributed by atoms with Crippen molar-refractivity contribution in [2.24, 2.45) is 21.0 Å². The molecule has 2 aliphatic rings. The van der Waals surface area contributed by atoms with E-state index in [0.717, 1.165) is 16.7 Å². The molecule has 1 aromatic carbocycles. The molecule has 5 nitrogen and oxygen atoms in total. The second-order valence-electron chi connectivity index (χ2n) is 9.61. The molecule has 1 aliphatic heterocycles. The standard InChI is InChI=1S/C24H29N3O2S/c1-23(2,3)18-12-17(13-19(21(18)29)24(4,5)6)25-26-22-27(20(28)15-30-22)14-16-10-8-7-9-11-16/h7-13H,14-15H2,1-6H3/b26-22+. The van der Waals surface area contributed by atoms with Gasteiger partial charge in [-0.3, -0.25) is 14.5 Å². The topological polar surface area (TPSA) is 62.1 Å². The predicted molar refractivity (Wildman–Crippen MR) is 124 cm³/mol. The van der Waals surface area contributed by atoms with Crippen LogP contribution < -0.4 is 0 Å². The molecule has 1 fully saturated rings. The number of hydrogen-bond donors (Lipinski definition) is 0. The minimum atomic E-state index is -0.298. The van der Waals surface area contributed by atoms with Crippen molar-refractivity contribution < 1.29 is 9.59 Å². The first-order valence-electron chi connectivity index (χ1n) is 10.1. The van der Waals surface area contributed by atoms with Gasteiger partial charge in [-0.15, -0.1) is 10.2 Å². The smallest absolute Gasteiger partial charge is 0.239 e. The van der Waals surface area contributed by atoms with Crippen LogP contribution >= 0.6 is 11.8 Å². The Hall–Kier alpha value is -2.47. The number of amides is 1. The Morgan fingerprint density at radius 3 is 2.00 bits per heavy atom. The number of allylic oxidation sites excluding steroid dienone is 4. The van der Waals surface area contributed by atoms with Crippen LogP contribution in [0.5, 0.6) is 0 Å². The molecule has 3 rings (SSSR count). The molecule has 0 saturated carbocycles. The molecule has 0 bridgehead atoms. The average molecular weight is 424 g/mol. The van der Waals surface area contributed by atoms with Crippen LogP contribution in [-0.2, 0) is 16.1 Å². The number of amidine groups is 1. The first-order valence-corrected chi connectivity index (χ1v) is 11.1. The van der Waals surface area contributed by atoms with Gasteiger partial charge in [-0.05, 0) is 28.5 Å². The maximum absolute atomic E-state index is 13.0. The van der Waals surface area contributed by atoms with E-state index >= 15 is 0 Å². The van der Waals surface area contributed by atoms with Crippen molar-refractivity contribution in [3.8, 4) is 0 Å². The zero-order valence-electron chi connectivity index (χ0n) is 18.5. The fourth-order valence-electron chi connectivity index (χ4n) is 3.28. The zero-order chi connectivity index (χ0) is 22.1. The molecule has 1 aromatic rings. The van der Waals surface area contributed by atoms with E-state index in [-0.39, 0.29) is 22.5 Å². The van der Waals surface area contributed by atoms with Gasteiger partial charge in [0.2, 0.25) is 5.91 Å². The zero-order valence-corrected chi connectivity index (χ0v) is 19.3. The van der Waals surface area contributed by atoms with Crippen LogP contribution in [0.3, 0.4) is 0 Å². The summed E-state index contributed by atoms with van der Waals surface area (Å²) in [6.07, 6.45) is 3.65. The van der Waals surface area contributed by atoms with Crippen LogP contribution in [-0.4, -0.2) is 33.2 Å². The monoisotopic (exact) mass is 423 g/mol. The van der Waals surface area contributed by atoms with Crippen molar-refractivity contribution in [1.29, 1.82) is 0 Å². The van der Waals surface area contributed by atoms with Crippen molar-refractivity contribution >= 4 is 34.3 Å². The highest BCUT2D eigenvalue weighted by Gasteiger charge is 2.34. The number of thioether (sulfide) groups is 1. The lowest BCUT2D eigenvalue weighted by atomic mass is 9.72. The molecule has 158 valence electrons. The Bertz CT molecular complexity index is 938. The largest absolute Gasteiger partial charge is 0.289 e. The third-order valence-corrected chi connectivity index (χ3v) is 5.93. The van der Waals surface area contributed by atoms with E-state index in [1.54, 1.807) is 4.90 Å². The first kappa shape index (κ1) is 22.2. The van der Waals surface area contributed by atoms with Gasteiger partial charge in [0.1, 0.15) is 0 Å². The Morgan fingerprint density at radius 2 is 1.47 bits per heavy atom. The molecular formula is C24H29N3O2S. The number of nitrogens with zero attached hydrogens (tertiary/aromatic N) is 3. The SMILES string of the molecule is CC(C)(C)C1=CC(=N/N=C2/SCC(=O)N2Cc2ccccc2)C=C(C(C)(C)C)C1=O. The minimum Gasteiger partial charge on any atom is -0.289 e. The van der Waals surface area contributed by atoms with Gasteiger partial charge in [-0.2, -0.15) is 0 Å². The van der Waals surface area contributed by atoms with E-state index in [9.17, 15) is 9.59 Å². The van der Waals surface area contributed by atoms with E-state index in [4.69, 9.17) is 0 Å². The molecule has 1 aliphatic carbocycles. The molecule has 1 heterocycles. The van der Waals surface area contributed by atoms with Crippen LogP contribution in [0, 0.1) is 10.8 Å². The van der Waals surface area contributed by atoms with Gasteiger partial charge in [0, 0.05) is 11.1 Å². The molecule has 30 heavy (non-hydrogen) atoms. The quantitative estimate of drug-likeness (QED) is 0.508. The maximum Gasteiger partial charge on any atom is 0.239 e. The number of ketones is 1. The summed E-state index contributed by atoms with van der Waals surface area (Å²) in [5, 5.41) is 9.43. The van der Waals surface area contributed by atoms with Crippen molar-refractivity contribution in [2.75, 3.05) is 5.75 Å². The van der Waals surface area contributed by atoms with Crippen molar-refractivity contribution in [3.05, 3.63) is 59.2 Å². The summed E-state index contributed by atoms with van der Waals surface area (Å²) in [6.45, 7) is 12.6. The molecular weight excluding hydrogens is 394 g/mol. The lowest BCUT2D eigenvalue weighted by Crippen LogP contribution is -2.30. The predicted octanol–water partition coefficient (Wildman–Crippen LogP) is 5.00. The summed E-state index contributed by atoms with van der Waals surface area (Å²) in [4.78, 5) is 27.1. The van der Waals surface area contributed by atoms with E-state index in [2.05, 4.69) is 10.2 Å². The van der Waals surface area contributed by atoms with E-state index < -0.39 is 0 Å². The van der Waals surface area contributed by atoms with E-state index in [1.165, 1.54) is 11.8 Å². The number of Topliss-reactive ketones (excluding diaryl/α,β-unsaturated/α-hetero) is 1. The Labute approximate surface area is 183 Å². The average Bonchev–Trinajstić information content (AvgIpc) is 2.99. The second kappa shape index (κ2) is 8.34. The Morgan fingerprint density at radius 1 is 0.900 bits per heavy atom. The van der Waals surface area contributed by atoms with Gasteiger partial charge >= 0.3 is 0 Å². The highest BCUT2D eigenvalue weighted by molar-refractivity contribution is 8.15. The van der Waals surface area contributed by atoms with Crippen molar-refractivity contribution in [2.45, 2.75) is 48.1 Å². The number of hydrogen-bond acceptors (Lipinski definition) is 5. The van der Waals surface area contributed by atoms with E-state index in [0.29, 0.717) is 23.2 Å². The van der Waals surface area contributed by atoms with Gasteiger partial charge in [0.05, 0.1) is 18.0 Å². The van der Waals surface area contributed by atoms with Crippen LogP contribution in [0.1, 0.15) is 47.1 Å². The molecule has 0 N–H and O–H groups in total. The lowest BCUT2D eigenvalue weighted by molar-refractivity contribution is -0.124. The van der Waals surface area contributed by atoms with Crippen LogP contribution in [0.2, 0.25) is 0 Å². The van der Waals surface area contributed by atoms with Crippen LogP contribution in [0.25, 0.3) is 0 Å². The fourth-order valence-corrected chi connectivity index (χ4v) is 4.11. The molecule has 0 aromatic heterocycles. The third-order valence-electron chi connectivity index (χ3n) is 4.98. The Kier molecular flexibility index (Phi) is 6.18. The third kappa shape index (κ3) is 4.98. The van der Waals surface area contributed by atoms with Crippen molar-refractivity contribution in [3.63, 3.8) is 0 Å². The van der Waals surface area contributed by atoms with Gasteiger partial charge in [0.15, 0.2) is 11.0 Å². The summed E-state index contributed by atoms with van der Waals surface area (Å²) in [7, 11) is 0. The number of rotatable bonds is 3. The second-order valence-corrected chi connectivity index (χ2v) is 10.5. The maximum atomic E-state index is 13.0. The summed E-state index contributed by atoms with van der Waals surface area (Å²) in [5.41, 5.74) is 2.54. The summed E-state index contributed by atoms with van der Waals surface area (Å²) < 4.78 is 0. The van der Waals surface area contributed by atoms with Gasteiger partial charge in [-0.25, -0.2) is 0 Å².